The molecule has 1 aliphatic carbocycles. The highest BCUT2D eigenvalue weighted by molar-refractivity contribution is 6.15. The van der Waals surface area contributed by atoms with Gasteiger partial charge in [0.05, 0.1) is 31.1 Å². The molecule has 0 amide bonds. The summed E-state index contributed by atoms with van der Waals surface area (Å²) in [5.74, 6) is 2.10. The van der Waals surface area contributed by atoms with Crippen LogP contribution in [0.3, 0.4) is 0 Å². The van der Waals surface area contributed by atoms with Gasteiger partial charge in [-0.25, -0.2) is 4.98 Å². The van der Waals surface area contributed by atoms with E-state index >= 15 is 0 Å². The lowest BCUT2D eigenvalue weighted by Crippen LogP contribution is -2.48. The third kappa shape index (κ3) is 4.97. The average molecular weight is 574 g/mol. The molecule has 1 unspecified atom stereocenters. The van der Waals surface area contributed by atoms with E-state index in [0.717, 1.165) is 69.9 Å². The van der Waals surface area contributed by atoms with E-state index in [1.807, 2.05) is 36.5 Å². The van der Waals surface area contributed by atoms with E-state index in [0.29, 0.717) is 17.7 Å². The number of nitrogens with one attached hydrogen (secondary N) is 1. The molecular formula is C35H35N5O3. The third-order valence-electron chi connectivity index (χ3n) is 8.85. The molecule has 1 fully saturated rings. The number of allylic oxidation sites excluding steroid dienone is 1. The van der Waals surface area contributed by atoms with Gasteiger partial charge in [0.25, 0.3) is 0 Å². The Kier molecular flexibility index (Phi) is 6.99. The number of hydrogen-bond acceptors (Lipinski definition) is 8. The summed E-state index contributed by atoms with van der Waals surface area (Å²) in [6.45, 7) is 0.790. The van der Waals surface area contributed by atoms with Gasteiger partial charge in [0.1, 0.15) is 23.4 Å². The summed E-state index contributed by atoms with van der Waals surface area (Å²) in [6.07, 6.45) is 5.72. The van der Waals surface area contributed by atoms with Crippen LogP contribution in [0.5, 0.6) is 11.5 Å². The van der Waals surface area contributed by atoms with Crippen molar-refractivity contribution in [2.24, 2.45) is 10.9 Å². The van der Waals surface area contributed by atoms with Gasteiger partial charge in [0, 0.05) is 59.0 Å². The zero-order valence-corrected chi connectivity index (χ0v) is 24.6. The molecule has 43 heavy (non-hydrogen) atoms. The van der Waals surface area contributed by atoms with Gasteiger partial charge >= 0.3 is 0 Å². The van der Waals surface area contributed by atoms with Crippen molar-refractivity contribution in [1.29, 1.82) is 0 Å². The summed E-state index contributed by atoms with van der Waals surface area (Å²) in [5, 5.41) is 15.0. The van der Waals surface area contributed by atoms with Gasteiger partial charge in [-0.1, -0.05) is 54.6 Å². The molecule has 7 rings (SSSR count). The number of aliphatic imine (C=N–C) groups is 1. The highest BCUT2D eigenvalue weighted by Gasteiger charge is 2.45. The van der Waals surface area contributed by atoms with Crippen LogP contribution in [0.25, 0.3) is 22.2 Å². The third-order valence-corrected chi connectivity index (χ3v) is 8.85. The number of nitrogens with zero attached hydrogens (tertiary/aromatic N) is 4. The number of aliphatic hydroxyl groups excluding tert-OH is 1. The van der Waals surface area contributed by atoms with Crippen LogP contribution >= 0.6 is 0 Å². The Morgan fingerprint density at radius 3 is 2.56 bits per heavy atom. The highest BCUT2D eigenvalue weighted by atomic mass is 16.5. The molecule has 0 spiro atoms. The standard InChI is InChI=1S/C35H35N5O3/c1-39(21-25-11-13-28(42-2)20-31(25)43-3)27-17-26(18-27)34-38-32(33-35(41)36-15-16-40(33)34)24-10-9-23-12-14-29(37-30(23)19-24)22-7-5-4-6-8-22/h4-16,19-20,26-27,34,36,41H,17-18,21H2,1-3H3. The number of ether oxygens (including phenoxy) is 2. The smallest absolute Gasteiger partial charge is 0.215 e. The first-order valence-electron chi connectivity index (χ1n) is 14.6. The lowest BCUT2D eigenvalue weighted by atomic mass is 9.77. The molecule has 8 heteroatoms. The van der Waals surface area contributed by atoms with Crippen molar-refractivity contribution in [3.8, 4) is 22.8 Å². The van der Waals surface area contributed by atoms with Gasteiger partial charge in [-0.05, 0) is 38.1 Å². The van der Waals surface area contributed by atoms with Crippen LogP contribution in [0.1, 0.15) is 24.0 Å². The molecule has 0 bridgehead atoms. The SMILES string of the molecule is COc1ccc(CN(C)C2CC(C3N=C(c4ccc5ccc(-c6ccccc6)nc5c4)C4=C(O)NC=CN43)C2)c(OC)c1. The number of aliphatic hydroxyl groups is 1. The van der Waals surface area contributed by atoms with Crippen molar-refractivity contribution in [2.75, 3.05) is 21.3 Å². The summed E-state index contributed by atoms with van der Waals surface area (Å²) < 4.78 is 11.0. The molecule has 2 aliphatic heterocycles. The summed E-state index contributed by atoms with van der Waals surface area (Å²) >= 11 is 0. The second kappa shape index (κ2) is 11.1. The van der Waals surface area contributed by atoms with Crippen LogP contribution in [-0.2, 0) is 6.54 Å². The van der Waals surface area contributed by atoms with Crippen molar-refractivity contribution in [1.82, 2.24) is 20.1 Å². The van der Waals surface area contributed by atoms with E-state index in [1.165, 1.54) is 0 Å². The summed E-state index contributed by atoms with van der Waals surface area (Å²) in [7, 11) is 5.53. The monoisotopic (exact) mass is 573 g/mol. The Balaban J connectivity index is 1.12. The van der Waals surface area contributed by atoms with Gasteiger partial charge < -0.3 is 24.8 Å². The Bertz CT molecular complexity index is 1760. The van der Waals surface area contributed by atoms with Gasteiger partial charge in [-0.3, -0.25) is 9.89 Å². The molecule has 3 aliphatic rings. The van der Waals surface area contributed by atoms with Crippen molar-refractivity contribution in [2.45, 2.75) is 31.6 Å². The summed E-state index contributed by atoms with van der Waals surface area (Å²) in [5.41, 5.74) is 6.48. The van der Waals surface area contributed by atoms with E-state index < -0.39 is 0 Å². The minimum absolute atomic E-state index is 0.0787. The van der Waals surface area contributed by atoms with E-state index in [4.69, 9.17) is 19.5 Å². The zero-order chi connectivity index (χ0) is 29.5. The normalized spacial score (nSPS) is 21.0. The Hall–Kier alpha value is -4.82. The molecule has 4 aromatic rings. The van der Waals surface area contributed by atoms with Crippen molar-refractivity contribution < 1.29 is 14.6 Å². The van der Waals surface area contributed by atoms with E-state index in [9.17, 15) is 5.11 Å². The van der Waals surface area contributed by atoms with Crippen LogP contribution in [0.4, 0.5) is 0 Å². The van der Waals surface area contributed by atoms with Crippen LogP contribution in [0.15, 0.2) is 108 Å². The molecule has 1 atom stereocenters. The van der Waals surface area contributed by atoms with E-state index in [-0.39, 0.29) is 12.0 Å². The molecule has 3 aromatic carbocycles. The van der Waals surface area contributed by atoms with Gasteiger partial charge in [0.2, 0.25) is 5.88 Å². The maximum Gasteiger partial charge on any atom is 0.215 e. The highest BCUT2D eigenvalue weighted by Crippen LogP contribution is 2.42. The first-order chi connectivity index (χ1) is 21.0. The van der Waals surface area contributed by atoms with Gasteiger partial charge in [0.15, 0.2) is 0 Å². The molecule has 8 nitrogen and oxygen atoms in total. The molecule has 2 N–H and O–H groups in total. The molecular weight excluding hydrogens is 538 g/mol. The maximum absolute atomic E-state index is 10.9. The maximum atomic E-state index is 10.9. The molecule has 218 valence electrons. The van der Waals surface area contributed by atoms with Crippen LogP contribution in [-0.4, -0.2) is 59.1 Å². The molecule has 1 aromatic heterocycles. The first kappa shape index (κ1) is 27.0. The predicted molar refractivity (Wildman–Crippen MR) is 169 cm³/mol. The van der Waals surface area contributed by atoms with Crippen molar-refractivity contribution in [3.63, 3.8) is 0 Å². The van der Waals surface area contributed by atoms with E-state index in [1.54, 1.807) is 20.4 Å². The zero-order valence-electron chi connectivity index (χ0n) is 24.6. The average Bonchev–Trinajstić information content (AvgIpc) is 3.41. The van der Waals surface area contributed by atoms with E-state index in [2.05, 4.69) is 70.7 Å². The topological polar surface area (TPSA) is 82.5 Å². The first-order valence-corrected chi connectivity index (χ1v) is 14.6. The number of fused-ring (bicyclic) bond motifs is 2. The molecule has 3 heterocycles. The number of aromatic nitrogens is 1. The Labute approximate surface area is 251 Å². The molecule has 0 radical (unpaired) electrons. The lowest BCUT2D eigenvalue weighted by Gasteiger charge is -2.45. The minimum atomic E-state index is -0.0787. The fraction of sp³-hybridized carbons (Fsp3) is 0.257. The van der Waals surface area contributed by atoms with Gasteiger partial charge in [-0.15, -0.1) is 0 Å². The predicted octanol–water partition coefficient (Wildman–Crippen LogP) is 6.06. The van der Waals surface area contributed by atoms with Crippen LogP contribution in [0.2, 0.25) is 0 Å². The molecule has 1 saturated carbocycles. The number of hydrogen-bond donors (Lipinski definition) is 2. The second-order valence-corrected chi connectivity index (χ2v) is 11.4. The quantitative estimate of drug-likeness (QED) is 0.265. The number of benzene rings is 3. The van der Waals surface area contributed by atoms with Crippen molar-refractivity contribution >= 4 is 16.6 Å². The number of rotatable bonds is 8. The second-order valence-electron chi connectivity index (χ2n) is 11.4. The Morgan fingerprint density at radius 2 is 1.77 bits per heavy atom. The summed E-state index contributed by atoms with van der Waals surface area (Å²) in [6, 6.07) is 27.0. The largest absolute Gasteiger partial charge is 0.497 e. The Morgan fingerprint density at radius 1 is 0.953 bits per heavy atom. The minimum Gasteiger partial charge on any atom is -0.497 e. The number of pyridine rings is 1. The lowest BCUT2D eigenvalue weighted by molar-refractivity contribution is 0.0555. The summed E-state index contributed by atoms with van der Waals surface area (Å²) in [4.78, 5) is 14.7. The fourth-order valence-corrected chi connectivity index (χ4v) is 6.36. The molecule has 0 saturated heterocycles. The van der Waals surface area contributed by atoms with Crippen LogP contribution in [0, 0.1) is 5.92 Å². The van der Waals surface area contributed by atoms with Gasteiger partial charge in [-0.2, -0.15) is 0 Å². The number of methoxy groups -OCH3 is 2. The fourth-order valence-electron chi connectivity index (χ4n) is 6.36. The van der Waals surface area contributed by atoms with Crippen LogP contribution < -0.4 is 14.8 Å². The van der Waals surface area contributed by atoms with Crippen molar-refractivity contribution in [3.05, 3.63) is 114 Å².